The lowest BCUT2D eigenvalue weighted by atomic mass is 10.1. The van der Waals surface area contributed by atoms with Gasteiger partial charge in [-0.2, -0.15) is 8.42 Å². The molecule has 1 amide bonds. The van der Waals surface area contributed by atoms with Crippen LogP contribution in [-0.4, -0.2) is 50.2 Å². The molecular formula is C11H22N2O4S. The van der Waals surface area contributed by atoms with Crippen LogP contribution in [0, 0.1) is 0 Å². The molecule has 3 N–H and O–H groups in total. The van der Waals surface area contributed by atoms with Gasteiger partial charge in [0, 0.05) is 5.57 Å². The Hall–Kier alpha value is -0.920. The monoisotopic (exact) mass is 278 g/mol. The second kappa shape index (κ2) is 8.23. The number of rotatable bonds is 9. The quantitative estimate of drug-likeness (QED) is 0.361. The van der Waals surface area contributed by atoms with E-state index in [1.807, 2.05) is 19.0 Å². The third-order valence-electron chi connectivity index (χ3n) is 2.37. The van der Waals surface area contributed by atoms with E-state index in [9.17, 15) is 13.2 Å². The summed E-state index contributed by atoms with van der Waals surface area (Å²) in [6, 6.07) is 0. The highest BCUT2D eigenvalue weighted by Gasteiger charge is 2.06. The van der Waals surface area contributed by atoms with Crippen molar-refractivity contribution in [3.63, 3.8) is 0 Å². The lowest BCUT2D eigenvalue weighted by Crippen LogP contribution is -2.17. The zero-order chi connectivity index (χ0) is 14.2. The van der Waals surface area contributed by atoms with Gasteiger partial charge in [0.1, 0.15) is 0 Å². The van der Waals surface area contributed by atoms with Gasteiger partial charge in [-0.25, -0.2) is 0 Å². The molecule has 0 unspecified atom stereocenters. The molecule has 7 heteroatoms. The van der Waals surface area contributed by atoms with Crippen molar-refractivity contribution in [2.75, 3.05) is 26.4 Å². The van der Waals surface area contributed by atoms with Crippen LogP contribution in [0.1, 0.15) is 25.7 Å². The number of nitrogens with two attached hydrogens (primary N) is 1. The highest BCUT2D eigenvalue weighted by atomic mass is 32.2. The number of primary amides is 1. The molecule has 106 valence electrons. The summed E-state index contributed by atoms with van der Waals surface area (Å²) in [5.41, 5.74) is 5.75. The predicted octanol–water partition coefficient (Wildman–Crippen LogP) is 0.408. The maximum Gasteiger partial charge on any atom is 0.264 e. The highest BCUT2D eigenvalue weighted by Crippen LogP contribution is 2.08. The summed E-state index contributed by atoms with van der Waals surface area (Å²) in [5.74, 6) is -0.770. The third kappa shape index (κ3) is 10.2. The lowest BCUT2D eigenvalue weighted by molar-refractivity contribution is -0.114. The van der Waals surface area contributed by atoms with Crippen LogP contribution in [0.5, 0.6) is 0 Å². The van der Waals surface area contributed by atoms with Crippen LogP contribution in [0.3, 0.4) is 0 Å². The molecule has 18 heavy (non-hydrogen) atoms. The van der Waals surface area contributed by atoms with Gasteiger partial charge in [-0.05, 0) is 46.3 Å². The fraction of sp³-hybridized carbons (Fsp3) is 0.727. The summed E-state index contributed by atoms with van der Waals surface area (Å²) in [5, 5.41) is 0. The smallest absolute Gasteiger partial charge is 0.264 e. The van der Waals surface area contributed by atoms with E-state index < -0.39 is 16.0 Å². The van der Waals surface area contributed by atoms with Gasteiger partial charge in [-0.1, -0.05) is 6.08 Å². The van der Waals surface area contributed by atoms with Crippen molar-refractivity contribution in [1.29, 1.82) is 0 Å². The van der Waals surface area contributed by atoms with Crippen LogP contribution in [0.25, 0.3) is 0 Å². The van der Waals surface area contributed by atoms with E-state index in [1.54, 1.807) is 6.08 Å². The van der Waals surface area contributed by atoms with E-state index in [4.69, 9.17) is 10.3 Å². The topological polar surface area (TPSA) is 101 Å². The van der Waals surface area contributed by atoms with Gasteiger partial charge < -0.3 is 10.6 Å². The number of hydrogen-bond donors (Lipinski definition) is 2. The van der Waals surface area contributed by atoms with Crippen molar-refractivity contribution >= 4 is 16.0 Å². The zero-order valence-electron chi connectivity index (χ0n) is 10.9. The number of carbonyl (C=O) groups is 1. The van der Waals surface area contributed by atoms with Crippen molar-refractivity contribution in [1.82, 2.24) is 4.90 Å². The van der Waals surface area contributed by atoms with Crippen LogP contribution in [0.2, 0.25) is 0 Å². The Kier molecular flexibility index (Phi) is 7.81. The molecule has 0 rings (SSSR count). The van der Waals surface area contributed by atoms with E-state index in [0.717, 1.165) is 13.0 Å². The molecule has 6 nitrogen and oxygen atoms in total. The summed E-state index contributed by atoms with van der Waals surface area (Å²) in [6.07, 6.45) is 3.76. The minimum Gasteiger partial charge on any atom is -0.366 e. The maximum atomic E-state index is 11.1. The molecule has 0 spiro atoms. The van der Waals surface area contributed by atoms with Crippen LogP contribution >= 0.6 is 0 Å². The minimum atomic E-state index is -3.92. The number of carbonyl (C=O) groups excluding carboxylic acids is 1. The van der Waals surface area contributed by atoms with Gasteiger partial charge in [0.2, 0.25) is 5.91 Å². The molecule has 0 heterocycles. The summed E-state index contributed by atoms with van der Waals surface area (Å²) in [4.78, 5) is 13.1. The van der Waals surface area contributed by atoms with E-state index in [0.29, 0.717) is 18.4 Å². The van der Waals surface area contributed by atoms with Gasteiger partial charge in [0.15, 0.2) is 0 Å². The van der Waals surface area contributed by atoms with E-state index in [-0.39, 0.29) is 12.2 Å². The van der Waals surface area contributed by atoms with Crippen molar-refractivity contribution in [2.45, 2.75) is 25.7 Å². The van der Waals surface area contributed by atoms with Gasteiger partial charge in [-0.15, -0.1) is 0 Å². The number of unbranched alkanes of at least 4 members (excludes halogenated alkanes) is 1. The first kappa shape index (κ1) is 17.1. The second-order valence-corrected chi connectivity index (χ2v) is 6.00. The maximum absolute atomic E-state index is 11.1. The number of allylic oxidation sites excluding steroid dienone is 1. The van der Waals surface area contributed by atoms with Crippen LogP contribution in [0.4, 0.5) is 0 Å². The van der Waals surface area contributed by atoms with Crippen LogP contribution in [0.15, 0.2) is 11.6 Å². The Bertz CT molecular complexity index is 388. The van der Waals surface area contributed by atoms with Gasteiger partial charge in [0.25, 0.3) is 10.1 Å². The molecule has 0 atom stereocenters. The average Bonchev–Trinajstić information content (AvgIpc) is 2.19. The Morgan fingerprint density at radius 3 is 2.39 bits per heavy atom. The first-order valence-corrected chi connectivity index (χ1v) is 7.42. The summed E-state index contributed by atoms with van der Waals surface area (Å²) >= 11 is 0. The summed E-state index contributed by atoms with van der Waals surface area (Å²) in [6.45, 7) is 0.857. The largest absolute Gasteiger partial charge is 0.366 e. The number of amides is 1. The fourth-order valence-electron chi connectivity index (χ4n) is 1.45. The van der Waals surface area contributed by atoms with E-state index in [2.05, 4.69) is 0 Å². The SMILES string of the molecule is CN(C)CCCC(=CCCCS(=O)(=O)O)C(N)=O. The Morgan fingerprint density at radius 2 is 1.94 bits per heavy atom. The Morgan fingerprint density at radius 1 is 1.33 bits per heavy atom. The highest BCUT2D eigenvalue weighted by molar-refractivity contribution is 7.85. The molecular weight excluding hydrogens is 256 g/mol. The standard InChI is InChI=1S/C11H22N2O4S/c1-13(2)8-5-7-10(11(12)14)6-3-4-9-18(15,16)17/h6H,3-5,7-9H2,1-2H3,(H2,12,14)(H,15,16,17). The molecule has 0 aromatic rings. The lowest BCUT2D eigenvalue weighted by Gasteiger charge is -2.09. The minimum absolute atomic E-state index is 0.281. The molecule has 0 aliphatic heterocycles. The Balaban J connectivity index is 4.13. The zero-order valence-corrected chi connectivity index (χ0v) is 11.7. The molecule has 0 aromatic heterocycles. The molecule has 0 radical (unpaired) electrons. The first-order valence-electron chi connectivity index (χ1n) is 5.81. The predicted molar refractivity (Wildman–Crippen MR) is 70.7 cm³/mol. The number of nitrogens with zero attached hydrogens (tertiary/aromatic N) is 1. The number of hydrogen-bond acceptors (Lipinski definition) is 4. The molecule has 0 saturated carbocycles. The van der Waals surface area contributed by atoms with Gasteiger partial charge in [-0.3, -0.25) is 9.35 Å². The summed E-state index contributed by atoms with van der Waals surface area (Å²) < 4.78 is 29.5. The van der Waals surface area contributed by atoms with Crippen molar-refractivity contribution in [3.8, 4) is 0 Å². The Labute approximate surface area is 109 Å². The van der Waals surface area contributed by atoms with E-state index in [1.165, 1.54) is 0 Å². The molecule has 0 saturated heterocycles. The fourth-order valence-corrected chi connectivity index (χ4v) is 1.99. The third-order valence-corrected chi connectivity index (χ3v) is 3.17. The average molecular weight is 278 g/mol. The molecule has 0 aliphatic rings. The van der Waals surface area contributed by atoms with Crippen molar-refractivity contribution in [2.24, 2.45) is 5.73 Å². The molecule has 0 bridgehead atoms. The van der Waals surface area contributed by atoms with Crippen molar-refractivity contribution < 1.29 is 17.8 Å². The molecule has 0 aromatic carbocycles. The van der Waals surface area contributed by atoms with Gasteiger partial charge in [0.05, 0.1) is 5.75 Å². The second-order valence-electron chi connectivity index (χ2n) is 4.43. The van der Waals surface area contributed by atoms with Crippen LogP contribution < -0.4 is 5.73 Å². The van der Waals surface area contributed by atoms with Crippen LogP contribution in [-0.2, 0) is 14.9 Å². The molecule has 0 fully saturated rings. The van der Waals surface area contributed by atoms with E-state index >= 15 is 0 Å². The van der Waals surface area contributed by atoms with Gasteiger partial charge >= 0.3 is 0 Å². The normalized spacial score (nSPS) is 13.0. The first-order chi connectivity index (χ1) is 8.22. The summed E-state index contributed by atoms with van der Waals surface area (Å²) in [7, 11) is -0.0342. The van der Waals surface area contributed by atoms with Crippen molar-refractivity contribution in [3.05, 3.63) is 11.6 Å². The molecule has 0 aliphatic carbocycles.